The Hall–Kier alpha value is -2.07. The Morgan fingerprint density at radius 2 is 1.87 bits per heavy atom. The Kier molecular flexibility index (Phi) is 5.61. The van der Waals surface area contributed by atoms with Crippen molar-refractivity contribution in [1.82, 2.24) is 0 Å². The molecular formula is C19H19BrO3. The molecule has 120 valence electrons. The van der Waals surface area contributed by atoms with Crippen LogP contribution in [-0.2, 0) is 0 Å². The fraction of sp³-hybridized carbons (Fsp3) is 0.211. The van der Waals surface area contributed by atoms with E-state index >= 15 is 0 Å². The smallest absolute Gasteiger partial charge is 0.185 e. The summed E-state index contributed by atoms with van der Waals surface area (Å²) < 4.78 is 5.61. The van der Waals surface area contributed by atoms with Gasteiger partial charge in [-0.3, -0.25) is 4.79 Å². The molecule has 2 aromatic carbocycles. The van der Waals surface area contributed by atoms with Crippen LogP contribution in [-0.4, -0.2) is 18.0 Å². The molecule has 0 amide bonds. The zero-order valence-electron chi connectivity index (χ0n) is 13.3. The summed E-state index contributed by atoms with van der Waals surface area (Å²) in [4.78, 5) is 12.2. The molecule has 3 nitrogen and oxygen atoms in total. The summed E-state index contributed by atoms with van der Waals surface area (Å²) in [5.74, 6) is 0.771. The third kappa shape index (κ3) is 4.23. The minimum Gasteiger partial charge on any atom is -0.503 e. The van der Waals surface area contributed by atoms with Crippen LogP contribution in [0.15, 0.2) is 46.9 Å². The number of phenols is 1. The number of halogens is 1. The van der Waals surface area contributed by atoms with Gasteiger partial charge in [-0.15, -0.1) is 0 Å². The number of benzene rings is 2. The first-order chi connectivity index (χ1) is 10.9. The van der Waals surface area contributed by atoms with Gasteiger partial charge in [0.2, 0.25) is 0 Å². The van der Waals surface area contributed by atoms with Crippen molar-refractivity contribution in [3.8, 4) is 11.5 Å². The van der Waals surface area contributed by atoms with Crippen LogP contribution >= 0.6 is 15.9 Å². The van der Waals surface area contributed by atoms with Crippen molar-refractivity contribution >= 4 is 27.8 Å². The molecule has 0 unspecified atom stereocenters. The van der Waals surface area contributed by atoms with E-state index in [1.54, 1.807) is 18.2 Å². The van der Waals surface area contributed by atoms with Gasteiger partial charge in [-0.25, -0.2) is 0 Å². The summed E-state index contributed by atoms with van der Waals surface area (Å²) in [5, 5.41) is 9.79. The predicted octanol–water partition coefficient (Wildman–Crippen LogP) is 5.18. The summed E-state index contributed by atoms with van der Waals surface area (Å²) in [6.45, 7) is 4.24. The molecule has 0 saturated carbocycles. The highest BCUT2D eigenvalue weighted by Gasteiger charge is 2.08. The van der Waals surface area contributed by atoms with E-state index in [0.29, 0.717) is 21.7 Å². The van der Waals surface area contributed by atoms with Crippen molar-refractivity contribution in [3.05, 3.63) is 63.6 Å². The van der Waals surface area contributed by atoms with Crippen molar-refractivity contribution in [2.75, 3.05) is 7.11 Å². The van der Waals surface area contributed by atoms with Gasteiger partial charge in [0.15, 0.2) is 17.3 Å². The lowest BCUT2D eigenvalue weighted by molar-refractivity contribution is 0.104. The first kappa shape index (κ1) is 17.3. The van der Waals surface area contributed by atoms with Crippen LogP contribution in [0.4, 0.5) is 0 Å². The van der Waals surface area contributed by atoms with Crippen LogP contribution < -0.4 is 4.74 Å². The van der Waals surface area contributed by atoms with Gasteiger partial charge in [-0.2, -0.15) is 0 Å². The molecule has 1 N–H and O–H groups in total. The number of carbonyl (C=O) groups is 1. The van der Waals surface area contributed by atoms with Crippen LogP contribution in [0.5, 0.6) is 11.5 Å². The lowest BCUT2D eigenvalue weighted by atomic mass is 10.0. The fourth-order valence-electron chi connectivity index (χ4n) is 2.15. The zero-order valence-corrected chi connectivity index (χ0v) is 14.9. The van der Waals surface area contributed by atoms with Crippen LogP contribution in [0.25, 0.3) is 6.08 Å². The second-order valence-electron chi connectivity index (χ2n) is 5.53. The number of ether oxygens (including phenoxy) is 1. The third-order valence-corrected chi connectivity index (χ3v) is 4.16. The van der Waals surface area contributed by atoms with E-state index in [9.17, 15) is 9.90 Å². The van der Waals surface area contributed by atoms with Gasteiger partial charge in [0.1, 0.15) is 0 Å². The molecule has 0 aromatic heterocycles. The lowest BCUT2D eigenvalue weighted by Gasteiger charge is -2.06. The number of ketones is 1. The number of aromatic hydroxyl groups is 1. The van der Waals surface area contributed by atoms with E-state index < -0.39 is 0 Å². The van der Waals surface area contributed by atoms with E-state index in [0.717, 1.165) is 5.56 Å². The molecule has 2 rings (SSSR count). The Balaban J connectivity index is 2.19. The predicted molar refractivity (Wildman–Crippen MR) is 96.3 cm³/mol. The average molecular weight is 375 g/mol. The third-order valence-electron chi connectivity index (χ3n) is 3.56. The summed E-state index contributed by atoms with van der Waals surface area (Å²) in [5.41, 5.74) is 2.62. The Labute approximate surface area is 144 Å². The second kappa shape index (κ2) is 7.47. The number of hydrogen-bond acceptors (Lipinski definition) is 3. The molecule has 4 heteroatoms. The molecular weight excluding hydrogens is 356 g/mol. The van der Waals surface area contributed by atoms with E-state index in [4.69, 9.17) is 4.74 Å². The van der Waals surface area contributed by atoms with E-state index in [1.807, 2.05) is 24.3 Å². The molecule has 0 radical (unpaired) electrons. The highest BCUT2D eigenvalue weighted by atomic mass is 79.9. The van der Waals surface area contributed by atoms with Crippen LogP contribution in [0, 0.1) is 0 Å². The monoisotopic (exact) mass is 374 g/mol. The van der Waals surface area contributed by atoms with Gasteiger partial charge in [-0.1, -0.05) is 44.2 Å². The Bertz CT molecular complexity index is 731. The molecule has 23 heavy (non-hydrogen) atoms. The summed E-state index contributed by atoms with van der Waals surface area (Å²) in [6, 6.07) is 11.0. The summed E-state index contributed by atoms with van der Waals surface area (Å²) in [6.07, 6.45) is 3.22. The van der Waals surface area contributed by atoms with Crippen LogP contribution in [0.1, 0.15) is 41.3 Å². The lowest BCUT2D eigenvalue weighted by Crippen LogP contribution is -1.95. The molecule has 0 aliphatic rings. The van der Waals surface area contributed by atoms with Gasteiger partial charge in [0.25, 0.3) is 0 Å². The highest BCUT2D eigenvalue weighted by molar-refractivity contribution is 9.10. The summed E-state index contributed by atoms with van der Waals surface area (Å²) in [7, 11) is 1.48. The maximum atomic E-state index is 12.2. The van der Waals surface area contributed by atoms with Gasteiger partial charge in [0, 0.05) is 5.56 Å². The summed E-state index contributed by atoms with van der Waals surface area (Å²) >= 11 is 3.26. The second-order valence-corrected chi connectivity index (χ2v) is 6.38. The molecule has 0 aliphatic carbocycles. The van der Waals surface area contributed by atoms with E-state index in [-0.39, 0.29) is 11.5 Å². The van der Waals surface area contributed by atoms with Crippen molar-refractivity contribution in [1.29, 1.82) is 0 Å². The largest absolute Gasteiger partial charge is 0.503 e. The molecule has 0 bridgehead atoms. The normalized spacial score (nSPS) is 11.2. The quantitative estimate of drug-likeness (QED) is 0.578. The highest BCUT2D eigenvalue weighted by Crippen LogP contribution is 2.35. The van der Waals surface area contributed by atoms with Crippen molar-refractivity contribution < 1.29 is 14.6 Å². The minimum atomic E-state index is -0.0662. The number of carbonyl (C=O) groups excluding carboxylic acids is 1. The standard InChI is InChI=1S/C19H19BrO3/c1-12(2)14-5-7-15(8-6-14)17(21)9-4-13-10-16(20)19(22)18(11-13)23-3/h4-12,22H,1-3H3/b9-4+. The molecule has 2 aromatic rings. The van der Waals surface area contributed by atoms with Gasteiger partial charge in [0.05, 0.1) is 11.6 Å². The molecule has 0 saturated heterocycles. The maximum absolute atomic E-state index is 12.2. The first-order valence-corrected chi connectivity index (χ1v) is 8.10. The number of methoxy groups -OCH3 is 1. The van der Waals surface area contributed by atoms with E-state index in [2.05, 4.69) is 29.8 Å². The van der Waals surface area contributed by atoms with Crippen LogP contribution in [0.2, 0.25) is 0 Å². The van der Waals surface area contributed by atoms with Gasteiger partial charge in [-0.05, 0) is 51.2 Å². The van der Waals surface area contributed by atoms with Crippen molar-refractivity contribution in [2.45, 2.75) is 19.8 Å². The fourth-order valence-corrected chi connectivity index (χ4v) is 2.61. The molecule has 0 atom stereocenters. The zero-order chi connectivity index (χ0) is 17.0. The number of phenolic OH excluding ortho intramolecular Hbond substituents is 1. The Morgan fingerprint density at radius 1 is 1.22 bits per heavy atom. The molecule has 0 fully saturated rings. The SMILES string of the molecule is COc1cc(/C=C/C(=O)c2ccc(C(C)C)cc2)cc(Br)c1O. The minimum absolute atomic E-state index is 0.0419. The van der Waals surface area contributed by atoms with Crippen molar-refractivity contribution in [3.63, 3.8) is 0 Å². The number of rotatable bonds is 5. The van der Waals surface area contributed by atoms with Gasteiger partial charge < -0.3 is 9.84 Å². The first-order valence-electron chi connectivity index (χ1n) is 7.31. The maximum Gasteiger partial charge on any atom is 0.185 e. The number of hydrogen-bond donors (Lipinski definition) is 1. The molecule has 0 aliphatic heterocycles. The topological polar surface area (TPSA) is 46.5 Å². The molecule has 0 spiro atoms. The van der Waals surface area contributed by atoms with Crippen molar-refractivity contribution in [2.24, 2.45) is 0 Å². The van der Waals surface area contributed by atoms with Gasteiger partial charge >= 0.3 is 0 Å². The van der Waals surface area contributed by atoms with E-state index in [1.165, 1.54) is 18.7 Å². The average Bonchev–Trinajstić information content (AvgIpc) is 2.55. The van der Waals surface area contributed by atoms with Crippen LogP contribution in [0.3, 0.4) is 0 Å². The Morgan fingerprint density at radius 3 is 2.43 bits per heavy atom. The molecule has 0 heterocycles. The number of allylic oxidation sites excluding steroid dienone is 1.